The zero-order chi connectivity index (χ0) is 20.2. The molecule has 1 aromatic rings. The fraction of sp³-hybridized carbons (Fsp3) is 0. The van der Waals surface area contributed by atoms with E-state index in [4.69, 9.17) is 0 Å². The van der Waals surface area contributed by atoms with E-state index in [9.17, 15) is 61.0 Å². The van der Waals surface area contributed by atoms with Crippen molar-refractivity contribution < 1.29 is 114 Å². The predicted molar refractivity (Wildman–Crippen MR) is 63.5 cm³/mol. The van der Waals surface area contributed by atoms with E-state index in [1.54, 1.807) is 0 Å². The first-order valence-electron chi connectivity index (χ1n) is 5.15. The van der Waals surface area contributed by atoms with E-state index in [-0.39, 0.29) is 58.6 Å². The summed E-state index contributed by atoms with van der Waals surface area (Å²) >= 11 is 0. The van der Waals surface area contributed by atoms with Crippen LogP contribution in [0.1, 0.15) is 11.8 Å². The Morgan fingerprint density at radius 2 is 0.840 bits per heavy atom. The first-order chi connectivity index (χ1) is 10.3. The van der Waals surface area contributed by atoms with Crippen molar-refractivity contribution in [3.63, 3.8) is 0 Å². The molecule has 1 aromatic carbocycles. The van der Waals surface area contributed by atoms with Crippen LogP contribution in [0.3, 0.4) is 0 Å². The summed E-state index contributed by atoms with van der Waals surface area (Å²) in [7, 11) is -18.0. The molecule has 18 heteroatoms. The van der Waals surface area contributed by atoms with Crippen LogP contribution in [0.5, 0.6) is 0 Å². The van der Waals surface area contributed by atoms with Gasteiger partial charge in [-0.2, -0.15) is 0 Å². The molecule has 1 nitrogen and oxygen atoms in total. The van der Waals surface area contributed by atoms with E-state index >= 15 is 0 Å². The van der Waals surface area contributed by atoms with Gasteiger partial charge in [-0.25, -0.2) is 4.39 Å². The third-order valence-corrected chi connectivity index (χ3v) is 1.01. The molecule has 0 N–H and O–H groups in total. The van der Waals surface area contributed by atoms with Gasteiger partial charge in [-0.05, 0) is 24.3 Å². The summed E-state index contributed by atoms with van der Waals surface area (Å²) in [4.78, 5) is 10.00. The minimum absolute atomic E-state index is 0. The molecule has 25 heavy (non-hydrogen) atoms. The summed E-state index contributed by atoms with van der Waals surface area (Å²) in [5.41, 5.74) is 0.497. The van der Waals surface area contributed by atoms with Gasteiger partial charge in [0.25, 0.3) is 0 Å². The fourth-order valence-corrected chi connectivity index (χ4v) is 0.541. The maximum Gasteiger partial charge on any atom is 1.00 e. The molecular formula is C7H6B3F13KO-3. The van der Waals surface area contributed by atoms with E-state index in [1.165, 1.54) is 24.3 Å². The van der Waals surface area contributed by atoms with E-state index < -0.39 is 21.8 Å². The van der Waals surface area contributed by atoms with Crippen LogP contribution in [0.2, 0.25) is 0 Å². The molecular weight excluding hydrogens is 419 g/mol. The number of hydrogen-bond acceptors (Lipinski definition) is 1. The van der Waals surface area contributed by atoms with Crippen LogP contribution in [-0.2, 0) is 0 Å². The molecule has 0 amide bonds. The van der Waals surface area contributed by atoms with E-state index in [0.717, 1.165) is 0 Å². The Bertz CT molecular complexity index is 402. The van der Waals surface area contributed by atoms with Crippen molar-refractivity contribution in [2.75, 3.05) is 0 Å². The first kappa shape index (κ1) is 32.5. The molecule has 0 fully saturated rings. The van der Waals surface area contributed by atoms with Crippen LogP contribution in [-0.4, -0.2) is 28.0 Å². The fourth-order valence-electron chi connectivity index (χ4n) is 0.541. The van der Waals surface area contributed by atoms with Crippen LogP contribution in [0.25, 0.3) is 0 Å². The molecule has 0 heterocycles. The Labute approximate surface area is 176 Å². The van der Waals surface area contributed by atoms with Gasteiger partial charge in [-0.15, -0.1) is 0 Å². The van der Waals surface area contributed by atoms with Crippen molar-refractivity contribution in [2.24, 2.45) is 0 Å². The van der Waals surface area contributed by atoms with Crippen molar-refractivity contribution in [3.05, 3.63) is 35.6 Å². The van der Waals surface area contributed by atoms with Crippen LogP contribution in [0.15, 0.2) is 24.3 Å². The van der Waals surface area contributed by atoms with E-state index in [1.807, 2.05) is 0 Å². The molecule has 1 rings (SSSR count). The number of aldehydes is 1. The quantitative estimate of drug-likeness (QED) is 0.385. The summed E-state index contributed by atoms with van der Waals surface area (Å²) in [6.45, 7) is 0. The molecule has 0 saturated heterocycles. The SMILES string of the molecule is F[B-](F)(F)F.F[B-](F)(F)F.F[B-](F)(F)F.O=Cc1ccc(F)cc1.[H-].[K+]. The molecule has 144 valence electrons. The summed E-state index contributed by atoms with van der Waals surface area (Å²) in [5.74, 6) is -0.319. The standard InChI is InChI=1S/C7H5FO.3BF4.K.H/c8-7-3-1-6(5-9)2-4-7;3*2-1(3,4)5;;/h1-5H;;;;;/q;3*-1;+1;-1. The average Bonchev–Trinajstić information content (AvgIpc) is 2.23. The van der Waals surface area contributed by atoms with Crippen LogP contribution in [0.4, 0.5) is 56.2 Å². The predicted octanol–water partition coefficient (Wildman–Crippen LogP) is 2.65. The number of halogens is 13. The Morgan fingerprint density at radius 3 is 1.00 bits per heavy atom. The summed E-state index contributed by atoms with van der Waals surface area (Å²) in [6, 6.07) is 5.37. The van der Waals surface area contributed by atoms with Gasteiger partial charge in [-0.3, -0.25) is 4.79 Å². The minimum Gasteiger partial charge on any atom is -1.00 e. The second-order valence-electron chi connectivity index (χ2n) is 3.15. The Kier molecular flexibility index (Phi) is 19.4. The molecule has 0 aromatic heterocycles. The largest absolute Gasteiger partial charge is 1.00 e. The molecule has 0 unspecified atom stereocenters. The van der Waals surface area contributed by atoms with Gasteiger partial charge in [0, 0.05) is 5.56 Å². The zero-order valence-corrected chi connectivity index (χ0v) is 15.1. The number of carbonyl (C=O) groups is 1. The van der Waals surface area contributed by atoms with Crippen molar-refractivity contribution in [2.45, 2.75) is 0 Å². The Balaban J connectivity index is -0.0000000771. The summed E-state index contributed by atoms with van der Waals surface area (Å²) in [6.07, 6.45) is 0.680. The maximum absolute atomic E-state index is 12.1. The number of benzene rings is 1. The summed E-state index contributed by atoms with van der Waals surface area (Å²) in [5, 5.41) is 0. The molecule has 0 aliphatic carbocycles. The van der Waals surface area contributed by atoms with E-state index in [2.05, 4.69) is 0 Å². The van der Waals surface area contributed by atoms with Crippen molar-refractivity contribution >= 4 is 28.0 Å². The zero-order valence-electron chi connectivity index (χ0n) is 12.9. The number of hydrogen-bond donors (Lipinski definition) is 0. The van der Waals surface area contributed by atoms with Gasteiger partial charge in [0.15, 0.2) is 0 Å². The van der Waals surface area contributed by atoms with Gasteiger partial charge in [0.05, 0.1) is 0 Å². The average molecular weight is 425 g/mol. The molecule has 0 atom stereocenters. The maximum atomic E-state index is 12.1. The second kappa shape index (κ2) is 14.9. The summed E-state index contributed by atoms with van der Waals surface area (Å²) < 4.78 is 129. The smallest absolute Gasteiger partial charge is 1.00 e. The molecule has 0 radical (unpaired) electrons. The normalized spacial score (nSPS) is 10.4. The van der Waals surface area contributed by atoms with Gasteiger partial charge >= 0.3 is 73.1 Å². The molecule has 0 aliphatic heterocycles. The van der Waals surface area contributed by atoms with Crippen LogP contribution < -0.4 is 51.4 Å². The molecule has 0 bridgehead atoms. The van der Waals surface area contributed by atoms with Crippen LogP contribution in [0, 0.1) is 5.82 Å². The second-order valence-corrected chi connectivity index (χ2v) is 3.15. The van der Waals surface area contributed by atoms with Crippen molar-refractivity contribution in [1.82, 2.24) is 0 Å². The van der Waals surface area contributed by atoms with E-state index in [0.29, 0.717) is 11.8 Å². The van der Waals surface area contributed by atoms with Crippen molar-refractivity contribution in [1.29, 1.82) is 0 Å². The van der Waals surface area contributed by atoms with Gasteiger partial charge in [-0.1, -0.05) is 0 Å². The monoisotopic (exact) mass is 425 g/mol. The van der Waals surface area contributed by atoms with Crippen molar-refractivity contribution in [3.8, 4) is 0 Å². The number of rotatable bonds is 1. The third-order valence-electron chi connectivity index (χ3n) is 1.01. The number of carbonyl (C=O) groups excluding carboxylic acids is 1. The van der Waals surface area contributed by atoms with Gasteiger partial charge in [0.2, 0.25) is 0 Å². The molecule has 0 aliphatic rings. The Hall–Kier alpha value is -0.189. The minimum atomic E-state index is -6.00. The first-order valence-corrected chi connectivity index (χ1v) is 5.15. The topological polar surface area (TPSA) is 17.1 Å². The third kappa shape index (κ3) is 81.2. The van der Waals surface area contributed by atoms with Crippen LogP contribution >= 0.6 is 0 Å². The van der Waals surface area contributed by atoms with Gasteiger partial charge < -0.3 is 53.2 Å². The molecule has 0 spiro atoms. The molecule has 0 saturated carbocycles. The van der Waals surface area contributed by atoms with Gasteiger partial charge in [0.1, 0.15) is 12.1 Å². The Morgan fingerprint density at radius 1 is 0.640 bits per heavy atom.